The van der Waals surface area contributed by atoms with Gasteiger partial charge in [0, 0.05) is 11.1 Å². The van der Waals surface area contributed by atoms with Crippen molar-refractivity contribution in [3.05, 3.63) is 59.8 Å². The molecule has 1 aromatic heterocycles. The summed E-state index contributed by atoms with van der Waals surface area (Å²) in [6.07, 6.45) is 0.984. The van der Waals surface area contributed by atoms with Crippen molar-refractivity contribution in [2.75, 3.05) is 5.32 Å². The molecule has 0 aliphatic rings. The molecule has 20 heavy (non-hydrogen) atoms. The Hall–Kier alpha value is -2.62. The monoisotopic (exact) mass is 265 g/mol. The number of amides is 1. The number of rotatable bonds is 3. The van der Waals surface area contributed by atoms with Crippen LogP contribution >= 0.6 is 0 Å². The van der Waals surface area contributed by atoms with Crippen LogP contribution in [0.5, 0.6) is 0 Å². The van der Waals surface area contributed by atoms with Gasteiger partial charge in [0.1, 0.15) is 0 Å². The molecule has 0 saturated carbocycles. The predicted octanol–water partition coefficient (Wildman–Crippen LogP) is 3.38. The third-order valence-electron chi connectivity index (χ3n) is 3.31. The molecule has 1 heterocycles. The molecule has 0 aliphatic heterocycles. The van der Waals surface area contributed by atoms with Crippen LogP contribution in [0.3, 0.4) is 0 Å². The molecular weight excluding hydrogens is 250 g/mol. The number of hydrogen-bond acceptors (Lipinski definition) is 2. The third-order valence-corrected chi connectivity index (χ3v) is 3.31. The van der Waals surface area contributed by atoms with E-state index in [1.807, 2.05) is 48.5 Å². The fourth-order valence-electron chi connectivity index (χ4n) is 2.15. The number of carbonyl (C=O) groups is 1. The summed E-state index contributed by atoms with van der Waals surface area (Å²) in [4.78, 5) is 12.3. The van der Waals surface area contributed by atoms with E-state index in [1.54, 1.807) is 0 Å². The number of aryl methyl sites for hydroxylation is 1. The van der Waals surface area contributed by atoms with E-state index in [0.717, 1.165) is 23.0 Å². The van der Waals surface area contributed by atoms with Gasteiger partial charge in [-0.05, 0) is 30.2 Å². The summed E-state index contributed by atoms with van der Waals surface area (Å²) in [5.74, 6) is -0.202. The Morgan fingerprint density at radius 3 is 2.65 bits per heavy atom. The van der Waals surface area contributed by atoms with Crippen molar-refractivity contribution in [2.45, 2.75) is 13.3 Å². The van der Waals surface area contributed by atoms with Crippen LogP contribution in [0.4, 0.5) is 5.69 Å². The highest BCUT2D eigenvalue weighted by atomic mass is 16.1. The zero-order chi connectivity index (χ0) is 13.9. The first-order valence-corrected chi connectivity index (χ1v) is 6.61. The minimum absolute atomic E-state index is 0.202. The lowest BCUT2D eigenvalue weighted by atomic mass is 10.1. The molecule has 3 rings (SSSR count). The van der Waals surface area contributed by atoms with Crippen LogP contribution in [-0.2, 0) is 6.42 Å². The van der Waals surface area contributed by atoms with E-state index in [0.29, 0.717) is 5.69 Å². The molecular formula is C16H15N3O. The number of anilines is 1. The standard InChI is InChI=1S/C16H15N3O/c1-2-11-7-9-12(10-8-11)17-16(20)15-13-5-3-4-6-14(13)18-19-15/h3-10H,2H2,1H3,(H,17,20)(H,18,19). The van der Waals surface area contributed by atoms with Crippen LogP contribution in [0, 0.1) is 0 Å². The first kappa shape index (κ1) is 12.4. The van der Waals surface area contributed by atoms with Crippen LogP contribution in [0.25, 0.3) is 10.9 Å². The topological polar surface area (TPSA) is 57.8 Å². The van der Waals surface area contributed by atoms with Crippen molar-refractivity contribution in [1.82, 2.24) is 10.2 Å². The number of hydrogen-bond donors (Lipinski definition) is 2. The highest BCUT2D eigenvalue weighted by Gasteiger charge is 2.13. The number of aromatic amines is 1. The zero-order valence-electron chi connectivity index (χ0n) is 11.2. The van der Waals surface area contributed by atoms with E-state index < -0.39 is 0 Å². The van der Waals surface area contributed by atoms with Gasteiger partial charge in [-0.3, -0.25) is 9.89 Å². The number of benzene rings is 2. The van der Waals surface area contributed by atoms with Gasteiger partial charge >= 0.3 is 0 Å². The minimum atomic E-state index is -0.202. The summed E-state index contributed by atoms with van der Waals surface area (Å²) < 4.78 is 0. The number of nitrogens with zero attached hydrogens (tertiary/aromatic N) is 1. The molecule has 0 spiro atoms. The average Bonchev–Trinajstić information content (AvgIpc) is 2.92. The van der Waals surface area contributed by atoms with Crippen LogP contribution in [-0.4, -0.2) is 16.1 Å². The Balaban J connectivity index is 1.85. The predicted molar refractivity (Wildman–Crippen MR) is 79.9 cm³/mol. The Kier molecular flexibility index (Phi) is 3.21. The average molecular weight is 265 g/mol. The normalized spacial score (nSPS) is 10.7. The molecule has 3 aromatic rings. The van der Waals surface area contributed by atoms with Crippen LogP contribution in [0.15, 0.2) is 48.5 Å². The molecule has 100 valence electrons. The summed E-state index contributed by atoms with van der Waals surface area (Å²) in [5, 5.41) is 10.6. The Morgan fingerprint density at radius 2 is 1.90 bits per heavy atom. The number of nitrogens with one attached hydrogen (secondary N) is 2. The Labute approximate surface area is 116 Å². The van der Waals surface area contributed by atoms with Crippen molar-refractivity contribution in [3.63, 3.8) is 0 Å². The van der Waals surface area contributed by atoms with Gasteiger partial charge < -0.3 is 5.32 Å². The first-order valence-electron chi connectivity index (χ1n) is 6.61. The van der Waals surface area contributed by atoms with Gasteiger partial charge in [0.05, 0.1) is 5.52 Å². The lowest BCUT2D eigenvalue weighted by Gasteiger charge is -2.04. The minimum Gasteiger partial charge on any atom is -0.321 e. The van der Waals surface area contributed by atoms with Crippen molar-refractivity contribution < 1.29 is 4.79 Å². The number of H-pyrrole nitrogens is 1. The molecule has 0 radical (unpaired) electrons. The third kappa shape index (κ3) is 2.28. The SMILES string of the molecule is CCc1ccc(NC(=O)c2n[nH]c3ccccc23)cc1. The van der Waals surface area contributed by atoms with Gasteiger partial charge in [0.15, 0.2) is 5.69 Å². The van der Waals surface area contributed by atoms with Gasteiger partial charge in [0.2, 0.25) is 0 Å². The molecule has 0 aliphatic carbocycles. The molecule has 2 N–H and O–H groups in total. The van der Waals surface area contributed by atoms with E-state index in [1.165, 1.54) is 5.56 Å². The molecule has 2 aromatic carbocycles. The lowest BCUT2D eigenvalue weighted by Crippen LogP contribution is -2.12. The second kappa shape index (κ2) is 5.17. The summed E-state index contributed by atoms with van der Waals surface area (Å²) in [6.45, 7) is 2.10. The van der Waals surface area contributed by atoms with Crippen molar-refractivity contribution in [3.8, 4) is 0 Å². The van der Waals surface area contributed by atoms with Crippen LogP contribution in [0.2, 0.25) is 0 Å². The molecule has 4 heteroatoms. The van der Waals surface area contributed by atoms with Crippen LogP contribution < -0.4 is 5.32 Å². The fraction of sp³-hybridized carbons (Fsp3) is 0.125. The molecule has 0 atom stereocenters. The van der Waals surface area contributed by atoms with E-state index in [2.05, 4.69) is 22.4 Å². The highest BCUT2D eigenvalue weighted by molar-refractivity contribution is 6.11. The van der Waals surface area contributed by atoms with Crippen molar-refractivity contribution in [2.24, 2.45) is 0 Å². The summed E-state index contributed by atoms with van der Waals surface area (Å²) in [7, 11) is 0. The maximum absolute atomic E-state index is 12.3. The van der Waals surface area contributed by atoms with Gasteiger partial charge in [-0.15, -0.1) is 0 Å². The number of fused-ring (bicyclic) bond motifs is 1. The number of carbonyl (C=O) groups excluding carboxylic acids is 1. The molecule has 0 saturated heterocycles. The smallest absolute Gasteiger partial charge is 0.276 e. The maximum atomic E-state index is 12.3. The van der Waals surface area contributed by atoms with E-state index in [-0.39, 0.29) is 5.91 Å². The molecule has 0 fully saturated rings. The van der Waals surface area contributed by atoms with Gasteiger partial charge in [-0.25, -0.2) is 0 Å². The largest absolute Gasteiger partial charge is 0.321 e. The molecule has 0 bridgehead atoms. The lowest BCUT2D eigenvalue weighted by molar-refractivity contribution is 0.102. The maximum Gasteiger partial charge on any atom is 0.276 e. The highest BCUT2D eigenvalue weighted by Crippen LogP contribution is 2.17. The Morgan fingerprint density at radius 1 is 1.15 bits per heavy atom. The summed E-state index contributed by atoms with van der Waals surface area (Å²) >= 11 is 0. The fourth-order valence-corrected chi connectivity index (χ4v) is 2.15. The van der Waals surface area contributed by atoms with E-state index in [9.17, 15) is 4.79 Å². The zero-order valence-corrected chi connectivity index (χ0v) is 11.2. The summed E-state index contributed by atoms with van der Waals surface area (Å²) in [5.41, 5.74) is 3.30. The van der Waals surface area contributed by atoms with Gasteiger partial charge in [-0.1, -0.05) is 37.3 Å². The first-order chi connectivity index (χ1) is 9.78. The van der Waals surface area contributed by atoms with E-state index in [4.69, 9.17) is 0 Å². The number of para-hydroxylation sites is 1. The molecule has 4 nitrogen and oxygen atoms in total. The second-order valence-electron chi connectivity index (χ2n) is 4.62. The van der Waals surface area contributed by atoms with E-state index >= 15 is 0 Å². The van der Waals surface area contributed by atoms with Gasteiger partial charge in [0.25, 0.3) is 5.91 Å². The van der Waals surface area contributed by atoms with Gasteiger partial charge in [-0.2, -0.15) is 5.10 Å². The quantitative estimate of drug-likeness (QED) is 0.762. The molecule has 0 unspecified atom stereocenters. The van der Waals surface area contributed by atoms with Crippen molar-refractivity contribution >= 4 is 22.5 Å². The summed E-state index contributed by atoms with van der Waals surface area (Å²) in [6, 6.07) is 15.4. The second-order valence-corrected chi connectivity index (χ2v) is 4.62. The van der Waals surface area contributed by atoms with Crippen LogP contribution in [0.1, 0.15) is 23.0 Å². The molecule has 1 amide bonds. The number of aromatic nitrogens is 2. The Bertz CT molecular complexity index is 744. The van der Waals surface area contributed by atoms with Crippen molar-refractivity contribution in [1.29, 1.82) is 0 Å².